The van der Waals surface area contributed by atoms with Crippen molar-refractivity contribution in [3.05, 3.63) is 51.5 Å². The molecule has 1 spiro atoms. The third-order valence-corrected chi connectivity index (χ3v) is 8.84. The Morgan fingerprint density at radius 1 is 1.20 bits per heavy atom. The second-order valence-electron chi connectivity index (χ2n) is 8.86. The van der Waals surface area contributed by atoms with Gasteiger partial charge in [-0.2, -0.15) is 0 Å². The van der Waals surface area contributed by atoms with Gasteiger partial charge in [0.05, 0.1) is 14.2 Å². The van der Waals surface area contributed by atoms with Crippen LogP contribution in [0, 0.1) is 5.92 Å². The van der Waals surface area contributed by atoms with Crippen LogP contribution in [0.1, 0.15) is 34.8 Å². The lowest BCUT2D eigenvalue weighted by atomic mass is 9.78. The molecule has 2 N–H and O–H groups in total. The molecular formula is C24H24BrN3O6S. The molecule has 0 radical (unpaired) electrons. The fourth-order valence-corrected chi connectivity index (χ4v) is 6.71. The van der Waals surface area contributed by atoms with E-state index in [-0.39, 0.29) is 33.2 Å². The summed E-state index contributed by atoms with van der Waals surface area (Å²) in [6.07, 6.45) is 1.62. The maximum atomic E-state index is 13.6. The van der Waals surface area contributed by atoms with Crippen molar-refractivity contribution < 1.29 is 27.2 Å². The number of nitrogens with one attached hydrogen (secondary N) is 2. The summed E-state index contributed by atoms with van der Waals surface area (Å²) in [4.78, 5) is 11.9. The van der Waals surface area contributed by atoms with Gasteiger partial charge < -0.3 is 19.3 Å². The second kappa shape index (κ2) is 8.27. The Bertz CT molecular complexity index is 1440. The summed E-state index contributed by atoms with van der Waals surface area (Å²) in [5, 5.41) is 6.60. The van der Waals surface area contributed by atoms with Crippen LogP contribution in [-0.4, -0.2) is 40.7 Å². The molecule has 0 saturated heterocycles. The van der Waals surface area contributed by atoms with Crippen molar-refractivity contribution in [2.75, 3.05) is 26.0 Å². The lowest BCUT2D eigenvalue weighted by Gasteiger charge is -2.25. The largest absolute Gasteiger partial charge is 0.495 e. The number of carbonyl (C=O) groups excluding carboxylic acids is 1. The highest BCUT2D eigenvalue weighted by atomic mass is 79.9. The van der Waals surface area contributed by atoms with E-state index >= 15 is 0 Å². The quantitative estimate of drug-likeness (QED) is 0.464. The molecule has 11 heteroatoms. The van der Waals surface area contributed by atoms with Crippen LogP contribution in [0.15, 0.2) is 44.2 Å². The molecule has 1 heterocycles. The molecule has 2 aliphatic rings. The molecule has 3 aromatic rings. The molecule has 1 amide bonds. The van der Waals surface area contributed by atoms with Crippen molar-refractivity contribution in [1.82, 2.24) is 10.5 Å². The van der Waals surface area contributed by atoms with E-state index in [2.05, 4.69) is 44.1 Å². The van der Waals surface area contributed by atoms with Crippen LogP contribution < -0.4 is 19.5 Å². The third-order valence-electron chi connectivity index (χ3n) is 6.95. The molecule has 184 valence electrons. The van der Waals surface area contributed by atoms with Gasteiger partial charge in [0.15, 0.2) is 16.5 Å². The number of aromatic nitrogens is 1. The molecule has 2 aromatic carbocycles. The second-order valence-corrected chi connectivity index (χ2v) is 11.4. The number of hydrogen-bond acceptors (Lipinski definition) is 7. The smallest absolute Gasteiger partial charge is 0.270 e. The Labute approximate surface area is 211 Å². The number of halogens is 1. The Kier molecular flexibility index (Phi) is 5.59. The van der Waals surface area contributed by atoms with Crippen molar-refractivity contribution in [3.8, 4) is 22.8 Å². The number of fused-ring (bicyclic) bond motifs is 4. The van der Waals surface area contributed by atoms with Crippen molar-refractivity contribution in [3.63, 3.8) is 0 Å². The van der Waals surface area contributed by atoms with Gasteiger partial charge in [0.2, 0.25) is 0 Å². The lowest BCUT2D eigenvalue weighted by Crippen LogP contribution is -2.22. The van der Waals surface area contributed by atoms with E-state index in [1.165, 1.54) is 39.0 Å². The summed E-state index contributed by atoms with van der Waals surface area (Å²) in [6, 6.07) is 8.79. The van der Waals surface area contributed by atoms with E-state index in [4.69, 9.17) is 14.0 Å². The molecule has 0 bridgehead atoms. The zero-order chi connectivity index (χ0) is 25.1. The molecule has 1 fully saturated rings. The number of benzene rings is 2. The molecule has 9 nitrogen and oxygen atoms in total. The summed E-state index contributed by atoms with van der Waals surface area (Å²) in [5.41, 5.74) is 2.95. The predicted molar refractivity (Wildman–Crippen MR) is 133 cm³/mol. The molecule has 1 aromatic heterocycles. The number of ether oxygens (including phenoxy) is 2. The molecule has 0 unspecified atom stereocenters. The lowest BCUT2D eigenvalue weighted by molar-refractivity contribution is 0.0962. The monoisotopic (exact) mass is 561 g/mol. The fraction of sp³-hybridized carbons (Fsp3) is 0.333. The molecule has 1 saturated carbocycles. The Morgan fingerprint density at radius 2 is 1.86 bits per heavy atom. The van der Waals surface area contributed by atoms with Gasteiger partial charge in [-0.05, 0) is 48.6 Å². The number of methoxy groups -OCH3 is 2. The summed E-state index contributed by atoms with van der Waals surface area (Å²) >= 11 is 3.52. The van der Waals surface area contributed by atoms with Gasteiger partial charge in [-0.1, -0.05) is 34.1 Å². The van der Waals surface area contributed by atoms with Crippen molar-refractivity contribution in [1.29, 1.82) is 0 Å². The predicted octanol–water partition coefficient (Wildman–Crippen LogP) is 4.12. The maximum absolute atomic E-state index is 13.6. The molecular weight excluding hydrogens is 538 g/mol. The number of anilines is 1. The number of amides is 1. The van der Waals surface area contributed by atoms with E-state index in [0.29, 0.717) is 23.7 Å². The van der Waals surface area contributed by atoms with Crippen molar-refractivity contribution >= 4 is 37.7 Å². The highest BCUT2D eigenvalue weighted by molar-refractivity contribution is 9.10. The minimum absolute atomic E-state index is 0.0330. The van der Waals surface area contributed by atoms with Gasteiger partial charge in [0.1, 0.15) is 11.5 Å². The summed E-state index contributed by atoms with van der Waals surface area (Å²) in [6.45, 7) is 2.19. The molecule has 0 aliphatic heterocycles. The summed E-state index contributed by atoms with van der Waals surface area (Å²) in [5.74, 6) is 0.662. The van der Waals surface area contributed by atoms with E-state index in [1.807, 2.05) is 12.1 Å². The number of rotatable bonds is 6. The highest BCUT2D eigenvalue weighted by Crippen LogP contribution is 2.62. The summed E-state index contributed by atoms with van der Waals surface area (Å²) in [7, 11) is -0.102. The van der Waals surface area contributed by atoms with E-state index < -0.39 is 15.9 Å². The Balaban J connectivity index is 1.59. The van der Waals surface area contributed by atoms with Crippen LogP contribution in [0.5, 0.6) is 11.5 Å². The first kappa shape index (κ1) is 23.7. The average molecular weight is 562 g/mol. The fourth-order valence-electron chi connectivity index (χ4n) is 5.02. The first-order valence-electron chi connectivity index (χ1n) is 10.9. The van der Waals surface area contributed by atoms with Crippen LogP contribution in [-0.2, 0) is 21.9 Å². The van der Waals surface area contributed by atoms with Gasteiger partial charge in [0.25, 0.3) is 15.9 Å². The first-order valence-corrected chi connectivity index (χ1v) is 13.2. The number of carbonyl (C=O) groups is 1. The number of hydrogen-bond donors (Lipinski definition) is 2. The first-order chi connectivity index (χ1) is 16.6. The minimum Gasteiger partial charge on any atom is -0.495 e. The van der Waals surface area contributed by atoms with Gasteiger partial charge in [-0.25, -0.2) is 8.42 Å². The molecule has 35 heavy (non-hydrogen) atoms. The number of nitrogens with zero attached hydrogens (tertiary/aromatic N) is 1. The maximum Gasteiger partial charge on any atom is 0.270 e. The van der Waals surface area contributed by atoms with Gasteiger partial charge in [0, 0.05) is 33.6 Å². The average Bonchev–Trinajstić information content (AvgIpc) is 3.31. The van der Waals surface area contributed by atoms with Crippen LogP contribution in [0.4, 0.5) is 5.82 Å². The van der Waals surface area contributed by atoms with E-state index in [0.717, 1.165) is 16.5 Å². The van der Waals surface area contributed by atoms with Crippen molar-refractivity contribution in [2.45, 2.75) is 30.1 Å². The third kappa shape index (κ3) is 3.68. The van der Waals surface area contributed by atoms with E-state index in [1.54, 1.807) is 0 Å². The topological polar surface area (TPSA) is 120 Å². The van der Waals surface area contributed by atoms with Gasteiger partial charge >= 0.3 is 0 Å². The normalized spacial score (nSPS) is 20.1. The van der Waals surface area contributed by atoms with Gasteiger partial charge in [-0.3, -0.25) is 9.52 Å². The zero-order valence-electron chi connectivity index (χ0n) is 19.6. The molecule has 2 aliphatic carbocycles. The van der Waals surface area contributed by atoms with Gasteiger partial charge in [-0.15, -0.1) is 0 Å². The SMILES string of the molecule is CNC(=O)c1cc(OC)c(S(=O)(=O)Nc2noc3c2C[C@@]2(C[C@@H]2C)c2ccc(Br)cc2-3)c(OC)c1. The van der Waals surface area contributed by atoms with Crippen LogP contribution in [0.3, 0.4) is 0 Å². The molecule has 5 rings (SSSR count). The molecule has 2 atom stereocenters. The zero-order valence-corrected chi connectivity index (χ0v) is 22.0. The Morgan fingerprint density at radius 3 is 2.43 bits per heavy atom. The Hall–Kier alpha value is -3.05. The minimum atomic E-state index is -4.23. The van der Waals surface area contributed by atoms with Crippen LogP contribution >= 0.6 is 15.9 Å². The van der Waals surface area contributed by atoms with E-state index in [9.17, 15) is 13.2 Å². The van der Waals surface area contributed by atoms with Crippen LogP contribution in [0.2, 0.25) is 0 Å². The number of sulfonamides is 1. The summed E-state index contributed by atoms with van der Waals surface area (Å²) < 4.78 is 47.0. The highest BCUT2D eigenvalue weighted by Gasteiger charge is 2.56. The van der Waals surface area contributed by atoms with Crippen LogP contribution in [0.25, 0.3) is 11.3 Å². The standard InChI is InChI=1S/C24H24BrN3O6S/c1-12-10-24(12)11-16-20(15-9-14(25)5-6-17(15)24)34-27-22(16)28-35(30,31)21-18(32-3)7-13(23(29)26-2)8-19(21)33-4/h5-9,12H,10-11H2,1-4H3,(H,26,29)(H,27,28)/t12-,24+/m0/s1. The van der Waals surface area contributed by atoms with Crippen molar-refractivity contribution in [2.24, 2.45) is 5.92 Å².